The number of ether oxygens (including phenoxy) is 1. The highest BCUT2D eigenvalue weighted by Crippen LogP contribution is 2.36. The third-order valence-electron chi connectivity index (χ3n) is 8.17. The molecule has 1 N–H and O–H groups in total. The average Bonchev–Trinajstić information content (AvgIpc) is 3.17. The number of nitrogens with zero attached hydrogens (tertiary/aromatic N) is 2. The summed E-state index contributed by atoms with van der Waals surface area (Å²) in [4.78, 5) is 54.9. The van der Waals surface area contributed by atoms with Crippen molar-refractivity contribution >= 4 is 35.0 Å². The second kappa shape index (κ2) is 12.7. The summed E-state index contributed by atoms with van der Waals surface area (Å²) in [6, 6.07) is 29.0. The number of imide groups is 1. The molecule has 8 nitrogen and oxygen atoms in total. The van der Waals surface area contributed by atoms with Crippen molar-refractivity contribution in [2.45, 2.75) is 32.3 Å². The molecule has 0 bridgehead atoms. The Morgan fingerprint density at radius 2 is 1.50 bits per heavy atom. The maximum atomic E-state index is 13.7. The van der Waals surface area contributed by atoms with Crippen molar-refractivity contribution in [3.05, 3.63) is 130 Å². The maximum absolute atomic E-state index is 13.7. The second-order valence-corrected chi connectivity index (χ2v) is 11.0. The largest absolute Gasteiger partial charge is 0.373 e. The van der Waals surface area contributed by atoms with Gasteiger partial charge in [0.05, 0.1) is 17.2 Å². The predicted molar refractivity (Wildman–Crippen MR) is 168 cm³/mol. The number of anilines is 2. The fourth-order valence-electron chi connectivity index (χ4n) is 5.87. The lowest BCUT2D eigenvalue weighted by molar-refractivity contribution is 0.0392. The zero-order valence-corrected chi connectivity index (χ0v) is 24.5. The number of nitrogens with one attached hydrogen (secondary N) is 1. The number of fused-ring (bicyclic) bond motifs is 2. The molecule has 0 aliphatic carbocycles. The quantitative estimate of drug-likeness (QED) is 0.189. The van der Waals surface area contributed by atoms with Crippen molar-refractivity contribution in [3.63, 3.8) is 0 Å². The Hall–Kier alpha value is -5.08. The molecule has 2 aliphatic heterocycles. The Bertz CT molecular complexity index is 1700. The van der Waals surface area contributed by atoms with Crippen LogP contribution < -0.4 is 10.2 Å². The van der Waals surface area contributed by atoms with Crippen LogP contribution in [0.4, 0.5) is 11.4 Å². The van der Waals surface area contributed by atoms with Gasteiger partial charge in [-0.3, -0.25) is 24.1 Å². The van der Waals surface area contributed by atoms with Gasteiger partial charge in [-0.15, -0.1) is 0 Å². The van der Waals surface area contributed by atoms with E-state index in [9.17, 15) is 19.2 Å². The summed E-state index contributed by atoms with van der Waals surface area (Å²) in [6.07, 6.45) is 1.77. The van der Waals surface area contributed by atoms with E-state index in [2.05, 4.69) is 5.32 Å². The van der Waals surface area contributed by atoms with Crippen molar-refractivity contribution in [1.82, 2.24) is 4.90 Å². The van der Waals surface area contributed by atoms with Crippen LogP contribution in [0.5, 0.6) is 0 Å². The lowest BCUT2D eigenvalue weighted by Gasteiger charge is -2.24. The number of aryl methyl sites for hydroxylation is 1. The summed E-state index contributed by atoms with van der Waals surface area (Å²) in [7, 11) is 0. The molecule has 6 rings (SSSR count). The highest BCUT2D eigenvalue weighted by Gasteiger charge is 2.34. The minimum absolute atomic E-state index is 0.125. The summed E-state index contributed by atoms with van der Waals surface area (Å²) in [5, 5.41) is 2.91. The van der Waals surface area contributed by atoms with Crippen molar-refractivity contribution in [1.29, 1.82) is 0 Å². The van der Waals surface area contributed by atoms with Crippen LogP contribution in [-0.2, 0) is 4.74 Å². The van der Waals surface area contributed by atoms with Gasteiger partial charge in [0.25, 0.3) is 23.6 Å². The number of benzene rings is 4. The molecule has 4 aromatic carbocycles. The number of hydrogen-bond acceptors (Lipinski definition) is 5. The van der Waals surface area contributed by atoms with E-state index in [1.165, 1.54) is 4.90 Å². The minimum atomic E-state index is -0.263. The molecule has 4 aromatic rings. The molecule has 8 heteroatoms. The molecule has 0 saturated carbocycles. The van der Waals surface area contributed by atoms with E-state index in [1.807, 2.05) is 49.4 Å². The topological polar surface area (TPSA) is 96.0 Å². The molecule has 222 valence electrons. The van der Waals surface area contributed by atoms with Gasteiger partial charge >= 0.3 is 0 Å². The van der Waals surface area contributed by atoms with E-state index < -0.39 is 0 Å². The predicted octanol–water partition coefficient (Wildman–Crippen LogP) is 6.43. The van der Waals surface area contributed by atoms with Gasteiger partial charge in [-0.25, -0.2) is 0 Å². The number of para-hydroxylation sites is 1. The van der Waals surface area contributed by atoms with Gasteiger partial charge in [0.15, 0.2) is 0 Å². The molecule has 1 unspecified atom stereocenters. The highest BCUT2D eigenvalue weighted by atomic mass is 16.5. The SMILES string of the molecule is Cc1ccccc1C(=O)Nc1ccc(C(=O)N2CCCC(OCCCN3C(=O)c4ccccc4C3=O)c3ccccc32)cc1. The van der Waals surface area contributed by atoms with Gasteiger partial charge < -0.3 is 15.0 Å². The Labute approximate surface area is 256 Å². The third kappa shape index (κ3) is 5.76. The minimum Gasteiger partial charge on any atom is -0.373 e. The zero-order valence-electron chi connectivity index (χ0n) is 24.5. The number of carbonyl (C=O) groups excluding carboxylic acids is 4. The molecule has 2 heterocycles. The van der Waals surface area contributed by atoms with Crippen LogP contribution in [0.25, 0.3) is 0 Å². The van der Waals surface area contributed by atoms with Gasteiger partial charge in [0.2, 0.25) is 0 Å². The molecule has 1 atom stereocenters. The molecular formula is C36H33N3O5. The molecule has 44 heavy (non-hydrogen) atoms. The smallest absolute Gasteiger partial charge is 0.261 e. The standard InChI is InChI=1S/C36H33N3O5/c1-24-10-2-3-11-27(24)33(40)37-26-19-17-25(18-20-26)34(41)38-21-8-16-32(30-14-6-7-15-31(30)38)44-23-9-22-39-35(42)28-12-4-5-13-29(28)36(39)43/h2-7,10-15,17-20,32H,8-9,16,21-23H2,1H3,(H,37,40). The zero-order chi connectivity index (χ0) is 30.6. The monoisotopic (exact) mass is 587 g/mol. The van der Waals surface area contributed by atoms with Gasteiger partial charge in [0, 0.05) is 47.8 Å². The van der Waals surface area contributed by atoms with Crippen LogP contribution in [-0.4, -0.2) is 48.2 Å². The Morgan fingerprint density at radius 3 is 2.23 bits per heavy atom. The van der Waals surface area contributed by atoms with Crippen molar-refractivity contribution in [3.8, 4) is 0 Å². The normalized spacial score (nSPS) is 15.9. The summed E-state index contributed by atoms with van der Waals surface area (Å²) < 4.78 is 6.30. The van der Waals surface area contributed by atoms with Crippen molar-refractivity contribution in [2.75, 3.05) is 29.9 Å². The highest BCUT2D eigenvalue weighted by molar-refractivity contribution is 6.21. The van der Waals surface area contributed by atoms with E-state index >= 15 is 0 Å². The summed E-state index contributed by atoms with van der Waals surface area (Å²) in [6.45, 7) is 3.09. The Kier molecular flexibility index (Phi) is 8.34. The Balaban J connectivity index is 1.09. The maximum Gasteiger partial charge on any atom is 0.261 e. The van der Waals surface area contributed by atoms with E-state index in [-0.39, 0.29) is 36.3 Å². The van der Waals surface area contributed by atoms with E-state index in [1.54, 1.807) is 59.5 Å². The second-order valence-electron chi connectivity index (χ2n) is 11.0. The molecule has 2 aliphatic rings. The number of carbonyl (C=O) groups is 4. The first-order valence-corrected chi connectivity index (χ1v) is 14.9. The number of hydrogen-bond donors (Lipinski definition) is 1. The summed E-state index contributed by atoms with van der Waals surface area (Å²) >= 11 is 0. The molecule has 4 amide bonds. The molecule has 0 saturated heterocycles. The Morgan fingerprint density at radius 1 is 0.841 bits per heavy atom. The number of rotatable bonds is 8. The van der Waals surface area contributed by atoms with Gasteiger partial charge in [0.1, 0.15) is 0 Å². The lowest BCUT2D eigenvalue weighted by atomic mass is 10.0. The first-order valence-electron chi connectivity index (χ1n) is 14.9. The van der Waals surface area contributed by atoms with E-state index in [0.717, 1.165) is 29.7 Å². The molecule has 0 aromatic heterocycles. The van der Waals surface area contributed by atoms with Crippen molar-refractivity contribution < 1.29 is 23.9 Å². The number of amides is 4. The van der Waals surface area contributed by atoms with Crippen LogP contribution in [0.2, 0.25) is 0 Å². The third-order valence-corrected chi connectivity index (χ3v) is 8.17. The molecule has 0 spiro atoms. The van der Waals surface area contributed by atoms with Crippen molar-refractivity contribution in [2.24, 2.45) is 0 Å². The van der Waals surface area contributed by atoms with Gasteiger partial charge in [-0.1, -0.05) is 48.5 Å². The lowest BCUT2D eigenvalue weighted by Crippen LogP contribution is -2.31. The van der Waals surface area contributed by atoms with E-state index in [4.69, 9.17) is 4.74 Å². The summed E-state index contributed by atoms with van der Waals surface area (Å²) in [5.41, 5.74) is 5.26. The summed E-state index contributed by atoms with van der Waals surface area (Å²) in [5.74, 6) is -0.846. The van der Waals surface area contributed by atoms with Crippen LogP contribution >= 0.6 is 0 Å². The van der Waals surface area contributed by atoms with Gasteiger partial charge in [-0.05, 0) is 80.3 Å². The fourth-order valence-corrected chi connectivity index (χ4v) is 5.87. The average molecular weight is 588 g/mol. The molecule has 0 fully saturated rings. The fraction of sp³-hybridized carbons (Fsp3) is 0.222. The van der Waals surface area contributed by atoms with Crippen LogP contribution in [0.3, 0.4) is 0 Å². The van der Waals surface area contributed by atoms with Crippen LogP contribution in [0, 0.1) is 6.92 Å². The van der Waals surface area contributed by atoms with Crippen LogP contribution in [0.15, 0.2) is 97.1 Å². The molecular weight excluding hydrogens is 554 g/mol. The van der Waals surface area contributed by atoms with Crippen LogP contribution in [0.1, 0.15) is 77.9 Å². The first kappa shape index (κ1) is 29.0. The van der Waals surface area contributed by atoms with Gasteiger partial charge in [-0.2, -0.15) is 0 Å². The first-order chi connectivity index (χ1) is 21.4. The van der Waals surface area contributed by atoms with E-state index in [0.29, 0.717) is 47.5 Å². The molecule has 0 radical (unpaired) electrons.